The maximum Gasteiger partial charge on any atom is 0.418 e. The summed E-state index contributed by atoms with van der Waals surface area (Å²) in [6, 6.07) is 8.24. The zero-order valence-electron chi connectivity index (χ0n) is 14.7. The molecule has 1 aromatic heterocycles. The number of fused-ring (bicyclic) bond motifs is 1. The number of carbonyl (C=O) groups is 1. The summed E-state index contributed by atoms with van der Waals surface area (Å²) >= 11 is 0. The van der Waals surface area contributed by atoms with Gasteiger partial charge in [-0.2, -0.15) is 0 Å². The van der Waals surface area contributed by atoms with Crippen molar-refractivity contribution in [2.75, 3.05) is 13.2 Å². The molecule has 2 heterocycles. The second-order valence-corrected chi connectivity index (χ2v) is 7.29. The highest BCUT2D eigenvalue weighted by Gasteiger charge is 2.20. The molecule has 130 valence electrons. The van der Waals surface area contributed by atoms with Crippen LogP contribution in [-0.2, 0) is 4.74 Å². The molecule has 1 aromatic carbocycles. The molecule has 1 N–H and O–H groups in total. The highest BCUT2D eigenvalue weighted by Crippen LogP contribution is 2.27. The number of hydrogen-bond donors (Lipinski definition) is 1. The quantitative estimate of drug-likeness (QED) is 0.922. The lowest BCUT2D eigenvalue weighted by molar-refractivity contribution is 0.0544. The number of aromatic nitrogens is 1. The standard InChI is InChI=1S/C19H26N2O3/c1-19(2,3)24-18(22)21-12-9-15-16(21)7-4-8-17(15)23-13-10-14-6-5-11-20-14/h4,7-9,12,14,20H,5-6,10-11,13H2,1-3H3. The van der Waals surface area contributed by atoms with E-state index in [1.54, 1.807) is 6.20 Å². The van der Waals surface area contributed by atoms with E-state index in [0.717, 1.165) is 29.6 Å². The molecule has 1 aliphatic rings. The van der Waals surface area contributed by atoms with Crippen molar-refractivity contribution in [2.45, 2.75) is 51.7 Å². The zero-order valence-corrected chi connectivity index (χ0v) is 14.7. The minimum absolute atomic E-state index is 0.371. The molecule has 0 spiro atoms. The lowest BCUT2D eigenvalue weighted by atomic mass is 10.2. The third-order valence-electron chi connectivity index (χ3n) is 4.17. The first-order valence-electron chi connectivity index (χ1n) is 8.64. The van der Waals surface area contributed by atoms with E-state index in [2.05, 4.69) is 5.32 Å². The highest BCUT2D eigenvalue weighted by atomic mass is 16.6. The van der Waals surface area contributed by atoms with Crippen LogP contribution in [0, 0.1) is 0 Å². The maximum absolute atomic E-state index is 12.3. The topological polar surface area (TPSA) is 52.5 Å². The van der Waals surface area contributed by atoms with Gasteiger partial charge in [0.2, 0.25) is 0 Å². The van der Waals surface area contributed by atoms with E-state index in [1.165, 1.54) is 17.4 Å². The number of benzene rings is 1. The summed E-state index contributed by atoms with van der Waals surface area (Å²) < 4.78 is 13.0. The summed E-state index contributed by atoms with van der Waals surface area (Å²) in [4.78, 5) is 12.3. The Bertz CT molecular complexity index is 709. The molecule has 1 saturated heterocycles. The van der Waals surface area contributed by atoms with Crippen LogP contribution >= 0.6 is 0 Å². The summed E-state index contributed by atoms with van der Waals surface area (Å²) in [7, 11) is 0. The summed E-state index contributed by atoms with van der Waals surface area (Å²) in [5.41, 5.74) is 0.288. The second-order valence-electron chi connectivity index (χ2n) is 7.29. The number of ether oxygens (including phenoxy) is 2. The number of rotatable bonds is 4. The van der Waals surface area contributed by atoms with Gasteiger partial charge in [-0.1, -0.05) is 6.07 Å². The van der Waals surface area contributed by atoms with Gasteiger partial charge in [-0.15, -0.1) is 0 Å². The van der Waals surface area contributed by atoms with Gasteiger partial charge in [-0.05, 0) is 64.8 Å². The maximum atomic E-state index is 12.3. The van der Waals surface area contributed by atoms with Gasteiger partial charge in [-0.25, -0.2) is 4.79 Å². The first-order chi connectivity index (χ1) is 11.4. The first-order valence-corrected chi connectivity index (χ1v) is 8.64. The molecule has 1 unspecified atom stereocenters. The molecule has 0 bridgehead atoms. The van der Waals surface area contributed by atoms with Gasteiger partial charge in [0.1, 0.15) is 11.4 Å². The monoisotopic (exact) mass is 330 g/mol. The molecule has 5 nitrogen and oxygen atoms in total. The van der Waals surface area contributed by atoms with Gasteiger partial charge in [0.25, 0.3) is 0 Å². The Kier molecular flexibility index (Phi) is 4.81. The minimum atomic E-state index is -0.518. The van der Waals surface area contributed by atoms with Gasteiger partial charge in [0, 0.05) is 17.6 Å². The van der Waals surface area contributed by atoms with Crippen LogP contribution in [0.15, 0.2) is 30.5 Å². The predicted molar refractivity (Wildman–Crippen MR) is 94.7 cm³/mol. The van der Waals surface area contributed by atoms with Crippen LogP contribution in [0.5, 0.6) is 5.75 Å². The van der Waals surface area contributed by atoms with Crippen LogP contribution in [-0.4, -0.2) is 35.5 Å². The van der Waals surface area contributed by atoms with Crippen LogP contribution in [0.25, 0.3) is 10.9 Å². The normalized spacial score (nSPS) is 18.0. The van der Waals surface area contributed by atoms with E-state index < -0.39 is 5.60 Å². The number of nitrogens with zero attached hydrogens (tertiary/aromatic N) is 1. The van der Waals surface area contributed by atoms with Gasteiger partial charge in [0.05, 0.1) is 12.1 Å². The fourth-order valence-electron chi connectivity index (χ4n) is 3.05. The van der Waals surface area contributed by atoms with Crippen molar-refractivity contribution in [3.8, 4) is 5.75 Å². The van der Waals surface area contributed by atoms with E-state index in [4.69, 9.17) is 9.47 Å². The molecule has 0 aliphatic carbocycles. The highest BCUT2D eigenvalue weighted by molar-refractivity contribution is 5.93. The van der Waals surface area contributed by atoms with Gasteiger partial charge in [0.15, 0.2) is 0 Å². The van der Waals surface area contributed by atoms with Crippen molar-refractivity contribution in [3.63, 3.8) is 0 Å². The molecule has 0 radical (unpaired) electrons. The minimum Gasteiger partial charge on any atom is -0.493 e. The average molecular weight is 330 g/mol. The van der Waals surface area contributed by atoms with Crippen LogP contribution in [0.2, 0.25) is 0 Å². The second kappa shape index (κ2) is 6.85. The van der Waals surface area contributed by atoms with Crippen molar-refractivity contribution < 1.29 is 14.3 Å². The average Bonchev–Trinajstić information content (AvgIpc) is 3.14. The molecular weight excluding hydrogens is 304 g/mol. The molecule has 0 amide bonds. The third-order valence-corrected chi connectivity index (χ3v) is 4.17. The molecule has 1 aliphatic heterocycles. The largest absolute Gasteiger partial charge is 0.493 e. The zero-order chi connectivity index (χ0) is 17.2. The molecule has 1 atom stereocenters. The first kappa shape index (κ1) is 16.8. The molecule has 24 heavy (non-hydrogen) atoms. The van der Waals surface area contributed by atoms with Crippen molar-refractivity contribution >= 4 is 17.0 Å². The SMILES string of the molecule is CC(C)(C)OC(=O)n1ccc2c(OCCC3CCCN3)cccc21. The Hall–Kier alpha value is -2.01. The van der Waals surface area contributed by atoms with Gasteiger partial charge in [-0.3, -0.25) is 4.57 Å². The van der Waals surface area contributed by atoms with Crippen LogP contribution < -0.4 is 10.1 Å². The number of carbonyl (C=O) groups excluding carboxylic acids is 1. The molecule has 0 saturated carbocycles. The Morgan fingerprint density at radius 3 is 2.88 bits per heavy atom. The van der Waals surface area contributed by atoms with Gasteiger partial charge < -0.3 is 14.8 Å². The fourth-order valence-corrected chi connectivity index (χ4v) is 3.05. The summed E-state index contributed by atoms with van der Waals surface area (Å²) in [5, 5.41) is 4.41. The van der Waals surface area contributed by atoms with Crippen molar-refractivity contribution in [1.82, 2.24) is 9.88 Å². The molecule has 5 heteroatoms. The van der Waals surface area contributed by atoms with E-state index in [0.29, 0.717) is 12.6 Å². The molecular formula is C19H26N2O3. The van der Waals surface area contributed by atoms with Crippen molar-refractivity contribution in [2.24, 2.45) is 0 Å². The lowest BCUT2D eigenvalue weighted by Crippen LogP contribution is -2.26. The summed E-state index contributed by atoms with van der Waals surface area (Å²) in [6.45, 7) is 7.37. The predicted octanol–water partition coefficient (Wildman–Crippen LogP) is 3.95. The Morgan fingerprint density at radius 1 is 1.33 bits per heavy atom. The molecule has 3 rings (SSSR count). The third kappa shape index (κ3) is 3.90. The fraction of sp³-hybridized carbons (Fsp3) is 0.526. The van der Waals surface area contributed by atoms with Gasteiger partial charge >= 0.3 is 6.09 Å². The van der Waals surface area contributed by atoms with Crippen LogP contribution in [0.3, 0.4) is 0 Å². The van der Waals surface area contributed by atoms with E-state index >= 15 is 0 Å². The van der Waals surface area contributed by atoms with E-state index in [1.807, 2.05) is 45.0 Å². The van der Waals surface area contributed by atoms with E-state index in [9.17, 15) is 4.79 Å². The molecule has 2 aromatic rings. The Labute approximate surface area is 142 Å². The number of hydrogen-bond acceptors (Lipinski definition) is 4. The summed E-state index contributed by atoms with van der Waals surface area (Å²) in [6.07, 6.45) is 4.85. The van der Waals surface area contributed by atoms with E-state index in [-0.39, 0.29) is 6.09 Å². The Morgan fingerprint density at radius 2 is 2.17 bits per heavy atom. The van der Waals surface area contributed by atoms with Crippen LogP contribution in [0.1, 0.15) is 40.0 Å². The van der Waals surface area contributed by atoms with Crippen molar-refractivity contribution in [1.29, 1.82) is 0 Å². The van der Waals surface area contributed by atoms with Crippen LogP contribution in [0.4, 0.5) is 4.79 Å². The smallest absolute Gasteiger partial charge is 0.418 e. The Balaban J connectivity index is 1.72. The molecule has 1 fully saturated rings. The summed E-state index contributed by atoms with van der Waals surface area (Å²) in [5.74, 6) is 0.813. The van der Waals surface area contributed by atoms with Crippen molar-refractivity contribution in [3.05, 3.63) is 30.5 Å². The lowest BCUT2D eigenvalue weighted by Gasteiger charge is -2.19. The number of nitrogens with one attached hydrogen (secondary N) is 1.